The van der Waals surface area contributed by atoms with Crippen LogP contribution in [-0.4, -0.2) is 33.2 Å². The van der Waals surface area contributed by atoms with E-state index in [4.69, 9.17) is 16.3 Å². The average Bonchev–Trinajstić information content (AvgIpc) is 2.86. The summed E-state index contributed by atoms with van der Waals surface area (Å²) in [6.45, 7) is 2.28. The molecule has 1 aliphatic rings. The highest BCUT2D eigenvalue weighted by atomic mass is 35.5. The monoisotopic (exact) mass is 436 g/mol. The molecule has 29 heavy (non-hydrogen) atoms. The van der Waals surface area contributed by atoms with Crippen molar-refractivity contribution in [2.45, 2.75) is 38.7 Å². The highest BCUT2D eigenvalue weighted by Gasteiger charge is 2.31. The van der Waals surface area contributed by atoms with Crippen LogP contribution in [-0.2, 0) is 21.2 Å². The fourth-order valence-corrected chi connectivity index (χ4v) is 4.34. The van der Waals surface area contributed by atoms with Gasteiger partial charge in [-0.1, -0.05) is 37.1 Å². The second kappa shape index (κ2) is 9.05. The third-order valence-electron chi connectivity index (χ3n) is 4.79. The number of hydrogen-bond donors (Lipinski definition) is 1. The first-order valence-electron chi connectivity index (χ1n) is 9.61. The smallest absolute Gasteiger partial charge is 0.265 e. The Labute approximate surface area is 176 Å². The quantitative estimate of drug-likeness (QED) is 0.734. The number of carbonyl (C=O) groups excluding carboxylic acids is 1. The molecular formula is C21H25ClN2O4S. The minimum Gasteiger partial charge on any atom is -0.478 e. The van der Waals surface area contributed by atoms with Crippen LogP contribution in [0.15, 0.2) is 42.5 Å². The van der Waals surface area contributed by atoms with Crippen LogP contribution in [0.25, 0.3) is 0 Å². The first kappa shape index (κ1) is 21.5. The second-order valence-corrected chi connectivity index (χ2v) is 9.48. The molecular weight excluding hydrogens is 412 g/mol. The fourth-order valence-electron chi connectivity index (χ4n) is 3.24. The Morgan fingerprint density at radius 3 is 2.62 bits per heavy atom. The van der Waals surface area contributed by atoms with E-state index in [0.29, 0.717) is 22.1 Å². The van der Waals surface area contributed by atoms with Crippen LogP contribution in [0.5, 0.6) is 5.75 Å². The van der Waals surface area contributed by atoms with E-state index in [2.05, 4.69) is 12.2 Å². The molecule has 0 unspecified atom stereocenters. The van der Waals surface area contributed by atoms with E-state index in [9.17, 15) is 13.2 Å². The largest absolute Gasteiger partial charge is 0.478 e. The lowest BCUT2D eigenvalue weighted by atomic mass is 10.1. The van der Waals surface area contributed by atoms with Crippen LogP contribution >= 0.6 is 11.6 Å². The van der Waals surface area contributed by atoms with Crippen molar-refractivity contribution in [3.05, 3.63) is 53.1 Å². The number of amides is 1. The summed E-state index contributed by atoms with van der Waals surface area (Å²) in [4.78, 5) is 12.8. The Morgan fingerprint density at radius 2 is 1.97 bits per heavy atom. The Hall–Kier alpha value is -2.25. The normalized spacial score (nSPS) is 16.5. The van der Waals surface area contributed by atoms with Gasteiger partial charge in [-0.05, 0) is 48.7 Å². The third kappa shape index (κ3) is 5.42. The van der Waals surface area contributed by atoms with E-state index < -0.39 is 16.1 Å². The predicted molar refractivity (Wildman–Crippen MR) is 116 cm³/mol. The number of fused-ring (bicyclic) bond motifs is 1. The standard InChI is InChI=1S/C21H25ClN2O4S/c1-3-4-5-15-6-9-17(10-7-15)23-21(25)20-12-13-24(29(2,26)27)18-14-16(22)8-11-19(18)28-20/h6-11,14,20H,3-5,12-13H2,1-2H3,(H,23,25)/t20-/m1/s1. The molecule has 0 aromatic heterocycles. The van der Waals surface area contributed by atoms with Crippen molar-refractivity contribution in [2.24, 2.45) is 0 Å². The highest BCUT2D eigenvalue weighted by molar-refractivity contribution is 7.92. The molecule has 156 valence electrons. The SMILES string of the molecule is CCCCc1ccc(NC(=O)[C@H]2CCN(S(C)(=O)=O)c3cc(Cl)ccc3O2)cc1. The number of rotatable bonds is 6. The van der Waals surface area contributed by atoms with E-state index in [1.807, 2.05) is 24.3 Å². The van der Waals surface area contributed by atoms with E-state index in [-0.39, 0.29) is 18.9 Å². The number of nitrogens with zero attached hydrogens (tertiary/aromatic N) is 1. The summed E-state index contributed by atoms with van der Waals surface area (Å²) < 4.78 is 31.5. The molecule has 1 amide bonds. The zero-order valence-corrected chi connectivity index (χ0v) is 18.1. The number of halogens is 1. The first-order valence-corrected chi connectivity index (χ1v) is 11.8. The summed E-state index contributed by atoms with van der Waals surface area (Å²) in [5.41, 5.74) is 2.25. The van der Waals surface area contributed by atoms with E-state index in [1.54, 1.807) is 12.1 Å². The number of benzene rings is 2. The average molecular weight is 437 g/mol. The van der Waals surface area contributed by atoms with E-state index in [1.165, 1.54) is 15.9 Å². The van der Waals surface area contributed by atoms with Crippen molar-refractivity contribution in [1.82, 2.24) is 0 Å². The Morgan fingerprint density at radius 1 is 1.24 bits per heavy atom. The van der Waals surface area contributed by atoms with Crippen molar-refractivity contribution < 1.29 is 17.9 Å². The van der Waals surface area contributed by atoms with Gasteiger partial charge < -0.3 is 10.1 Å². The van der Waals surface area contributed by atoms with E-state index in [0.717, 1.165) is 25.5 Å². The van der Waals surface area contributed by atoms with Crippen LogP contribution < -0.4 is 14.4 Å². The second-order valence-electron chi connectivity index (χ2n) is 7.13. The first-order chi connectivity index (χ1) is 13.8. The van der Waals surface area contributed by atoms with Gasteiger partial charge >= 0.3 is 0 Å². The topological polar surface area (TPSA) is 75.7 Å². The van der Waals surface area contributed by atoms with Crippen LogP contribution in [0.3, 0.4) is 0 Å². The van der Waals surface area contributed by atoms with Crippen molar-refractivity contribution in [3.8, 4) is 5.75 Å². The van der Waals surface area contributed by atoms with Crippen LogP contribution in [0, 0.1) is 0 Å². The van der Waals surface area contributed by atoms with Crippen molar-refractivity contribution in [2.75, 3.05) is 22.4 Å². The summed E-state index contributed by atoms with van der Waals surface area (Å²) in [5, 5.41) is 3.26. The number of ether oxygens (including phenoxy) is 1. The minimum atomic E-state index is -3.54. The zero-order valence-electron chi connectivity index (χ0n) is 16.5. The number of carbonyl (C=O) groups is 1. The van der Waals surface area contributed by atoms with Gasteiger partial charge in [-0.15, -0.1) is 0 Å². The lowest BCUT2D eigenvalue weighted by Crippen LogP contribution is -2.35. The number of nitrogens with one attached hydrogen (secondary N) is 1. The van der Waals surface area contributed by atoms with Gasteiger partial charge in [0.15, 0.2) is 6.10 Å². The molecule has 8 heteroatoms. The van der Waals surface area contributed by atoms with Crippen molar-refractivity contribution in [3.63, 3.8) is 0 Å². The zero-order chi connectivity index (χ0) is 21.0. The maximum absolute atomic E-state index is 12.8. The molecule has 0 radical (unpaired) electrons. The van der Waals surface area contributed by atoms with Gasteiger partial charge in [0, 0.05) is 23.7 Å². The summed E-state index contributed by atoms with van der Waals surface area (Å²) in [6, 6.07) is 12.5. The van der Waals surface area contributed by atoms with Crippen molar-refractivity contribution in [1.29, 1.82) is 0 Å². The Kier molecular flexibility index (Phi) is 6.70. The minimum absolute atomic E-state index is 0.125. The fraction of sp³-hybridized carbons (Fsp3) is 0.381. The summed E-state index contributed by atoms with van der Waals surface area (Å²) >= 11 is 6.04. The van der Waals surface area contributed by atoms with Gasteiger partial charge in [0.2, 0.25) is 10.0 Å². The van der Waals surface area contributed by atoms with Gasteiger partial charge in [-0.3, -0.25) is 9.10 Å². The molecule has 3 rings (SSSR count). The molecule has 0 spiro atoms. The molecule has 1 aliphatic heterocycles. The number of hydrogen-bond acceptors (Lipinski definition) is 4. The lowest BCUT2D eigenvalue weighted by Gasteiger charge is -2.21. The number of anilines is 2. The molecule has 0 aliphatic carbocycles. The molecule has 2 aromatic carbocycles. The molecule has 1 atom stereocenters. The van der Waals surface area contributed by atoms with E-state index >= 15 is 0 Å². The van der Waals surface area contributed by atoms with Crippen molar-refractivity contribution >= 4 is 38.9 Å². The summed E-state index contributed by atoms with van der Waals surface area (Å²) in [6.07, 6.45) is 3.80. The molecule has 1 heterocycles. The molecule has 0 fully saturated rings. The van der Waals surface area contributed by atoms with Gasteiger partial charge in [0.1, 0.15) is 5.75 Å². The summed E-state index contributed by atoms with van der Waals surface area (Å²) in [5.74, 6) is -0.00468. The maximum atomic E-state index is 12.8. The molecule has 1 N–H and O–H groups in total. The molecule has 0 bridgehead atoms. The van der Waals surface area contributed by atoms with Gasteiger partial charge in [-0.2, -0.15) is 0 Å². The highest BCUT2D eigenvalue weighted by Crippen LogP contribution is 2.36. The van der Waals surface area contributed by atoms with Gasteiger partial charge in [0.25, 0.3) is 5.91 Å². The Balaban J connectivity index is 1.76. The molecule has 2 aromatic rings. The van der Waals surface area contributed by atoms with Gasteiger partial charge in [-0.25, -0.2) is 8.42 Å². The van der Waals surface area contributed by atoms with Crippen LogP contribution in [0.1, 0.15) is 31.7 Å². The third-order valence-corrected chi connectivity index (χ3v) is 6.20. The molecule has 6 nitrogen and oxygen atoms in total. The number of sulfonamides is 1. The molecule has 0 saturated heterocycles. The lowest BCUT2D eigenvalue weighted by molar-refractivity contribution is -0.122. The number of aryl methyl sites for hydroxylation is 1. The van der Waals surface area contributed by atoms with Crippen LogP contribution in [0.4, 0.5) is 11.4 Å². The van der Waals surface area contributed by atoms with Crippen LogP contribution in [0.2, 0.25) is 5.02 Å². The summed E-state index contributed by atoms with van der Waals surface area (Å²) in [7, 11) is -3.54. The predicted octanol–water partition coefficient (Wildman–Crippen LogP) is 4.24. The van der Waals surface area contributed by atoms with Gasteiger partial charge in [0.05, 0.1) is 11.9 Å². The molecule has 0 saturated carbocycles. The Bertz CT molecular complexity index is 977. The number of unbranched alkanes of at least 4 members (excludes halogenated alkanes) is 1. The maximum Gasteiger partial charge on any atom is 0.265 e.